The van der Waals surface area contributed by atoms with E-state index >= 15 is 0 Å². The molecule has 0 aromatic heterocycles. The number of carbonyl (C=O) groups excluding carboxylic acids is 2. The molecule has 0 atom stereocenters. The minimum absolute atomic E-state index is 0.0492. The number of benzene rings is 2. The fraction of sp³-hybridized carbons (Fsp3) is 0.263. The lowest BCUT2D eigenvalue weighted by molar-refractivity contribution is -0.123. The Balaban J connectivity index is 1.91. The van der Waals surface area contributed by atoms with Crippen molar-refractivity contribution in [2.45, 2.75) is 20.0 Å². The van der Waals surface area contributed by atoms with Gasteiger partial charge >= 0.3 is 0 Å². The van der Waals surface area contributed by atoms with Gasteiger partial charge in [-0.25, -0.2) is 0 Å². The molecule has 2 N–H and O–H groups in total. The molecule has 2 rings (SSSR count). The maximum absolute atomic E-state index is 12.2. The SMILES string of the molecule is COc1cc(C(=O)NNC(=O)COc2cc(Cl)c(Cl)cc2Cl)ccc1OC(C)C. The molecule has 0 saturated carbocycles. The predicted molar refractivity (Wildman–Crippen MR) is 111 cm³/mol. The van der Waals surface area contributed by atoms with Gasteiger partial charge in [0, 0.05) is 11.6 Å². The Morgan fingerprint density at radius 3 is 2.28 bits per heavy atom. The second kappa shape index (κ2) is 10.4. The zero-order chi connectivity index (χ0) is 21.6. The van der Waals surface area contributed by atoms with Gasteiger partial charge in [-0.05, 0) is 38.1 Å². The molecular weight excluding hydrogens is 443 g/mol. The van der Waals surface area contributed by atoms with Gasteiger partial charge < -0.3 is 14.2 Å². The normalized spacial score (nSPS) is 10.4. The largest absolute Gasteiger partial charge is 0.493 e. The molecule has 0 aliphatic carbocycles. The average molecular weight is 462 g/mol. The Hall–Kier alpha value is -2.35. The van der Waals surface area contributed by atoms with E-state index in [2.05, 4.69) is 10.9 Å². The summed E-state index contributed by atoms with van der Waals surface area (Å²) in [6.45, 7) is 3.36. The molecule has 0 saturated heterocycles. The predicted octanol–water partition coefficient (Wildman–Crippen LogP) is 4.28. The topological polar surface area (TPSA) is 85.9 Å². The van der Waals surface area contributed by atoms with Gasteiger partial charge in [-0.2, -0.15) is 0 Å². The first-order valence-corrected chi connectivity index (χ1v) is 9.56. The molecule has 0 unspecified atom stereocenters. The molecular formula is C19H19Cl3N2O5. The number of nitrogens with one attached hydrogen (secondary N) is 2. The number of rotatable bonds is 7. The highest BCUT2D eigenvalue weighted by Crippen LogP contribution is 2.33. The van der Waals surface area contributed by atoms with Crippen LogP contribution in [0.4, 0.5) is 0 Å². The number of halogens is 3. The van der Waals surface area contributed by atoms with Crippen LogP contribution < -0.4 is 25.1 Å². The first-order valence-electron chi connectivity index (χ1n) is 8.42. The molecule has 2 aromatic rings. The highest BCUT2D eigenvalue weighted by molar-refractivity contribution is 6.43. The quantitative estimate of drug-likeness (QED) is 0.475. The molecule has 10 heteroatoms. The van der Waals surface area contributed by atoms with Crippen molar-refractivity contribution in [3.8, 4) is 17.2 Å². The van der Waals surface area contributed by atoms with E-state index in [4.69, 9.17) is 49.0 Å². The molecule has 0 fully saturated rings. The summed E-state index contributed by atoms with van der Waals surface area (Å²) in [6.07, 6.45) is -0.0492. The van der Waals surface area contributed by atoms with Crippen molar-refractivity contribution in [3.05, 3.63) is 51.0 Å². The number of ether oxygens (including phenoxy) is 3. The summed E-state index contributed by atoms with van der Waals surface area (Å²) in [4.78, 5) is 24.2. The summed E-state index contributed by atoms with van der Waals surface area (Å²) in [5, 5.41) is 0.701. The minimum atomic E-state index is -0.604. The van der Waals surface area contributed by atoms with Crippen LogP contribution in [0.3, 0.4) is 0 Å². The van der Waals surface area contributed by atoms with Crippen LogP contribution >= 0.6 is 34.8 Å². The van der Waals surface area contributed by atoms with Crippen molar-refractivity contribution in [1.82, 2.24) is 10.9 Å². The fourth-order valence-electron chi connectivity index (χ4n) is 2.15. The molecule has 156 valence electrons. The molecule has 2 aromatic carbocycles. The third kappa shape index (κ3) is 6.59. The van der Waals surface area contributed by atoms with Crippen LogP contribution in [0, 0.1) is 0 Å². The van der Waals surface area contributed by atoms with Crippen LogP contribution in [-0.4, -0.2) is 31.6 Å². The van der Waals surface area contributed by atoms with Gasteiger partial charge in [-0.3, -0.25) is 20.4 Å². The summed E-state index contributed by atoms with van der Waals surface area (Å²) in [6, 6.07) is 7.47. The minimum Gasteiger partial charge on any atom is -0.493 e. The maximum atomic E-state index is 12.2. The van der Waals surface area contributed by atoms with Gasteiger partial charge in [0.25, 0.3) is 11.8 Å². The van der Waals surface area contributed by atoms with Gasteiger partial charge in [0.2, 0.25) is 0 Å². The zero-order valence-corrected chi connectivity index (χ0v) is 18.1. The van der Waals surface area contributed by atoms with Gasteiger partial charge in [-0.15, -0.1) is 0 Å². The lowest BCUT2D eigenvalue weighted by Crippen LogP contribution is -2.43. The van der Waals surface area contributed by atoms with E-state index in [-0.39, 0.29) is 32.5 Å². The van der Waals surface area contributed by atoms with E-state index in [1.165, 1.54) is 25.3 Å². The number of hydrogen-bond donors (Lipinski definition) is 2. The molecule has 0 aliphatic rings. The monoisotopic (exact) mass is 460 g/mol. The Kier molecular flexibility index (Phi) is 8.25. The maximum Gasteiger partial charge on any atom is 0.276 e. The van der Waals surface area contributed by atoms with Gasteiger partial charge in [-0.1, -0.05) is 34.8 Å². The van der Waals surface area contributed by atoms with Crippen molar-refractivity contribution in [2.24, 2.45) is 0 Å². The number of hydrogen-bond acceptors (Lipinski definition) is 5. The van der Waals surface area contributed by atoms with Crippen LogP contribution in [0.5, 0.6) is 17.2 Å². The number of methoxy groups -OCH3 is 1. The number of amides is 2. The van der Waals surface area contributed by atoms with Crippen LogP contribution in [-0.2, 0) is 4.79 Å². The summed E-state index contributed by atoms with van der Waals surface area (Å²) >= 11 is 17.7. The second-order valence-electron chi connectivity index (χ2n) is 6.02. The van der Waals surface area contributed by atoms with E-state index in [1.807, 2.05) is 13.8 Å². The Morgan fingerprint density at radius 2 is 1.62 bits per heavy atom. The van der Waals surface area contributed by atoms with Crippen molar-refractivity contribution in [2.75, 3.05) is 13.7 Å². The van der Waals surface area contributed by atoms with Crippen molar-refractivity contribution in [1.29, 1.82) is 0 Å². The first kappa shape index (κ1) is 22.9. The van der Waals surface area contributed by atoms with Crippen LogP contribution in [0.2, 0.25) is 15.1 Å². The average Bonchev–Trinajstić information content (AvgIpc) is 2.67. The summed E-state index contributed by atoms with van der Waals surface area (Å²) in [5.41, 5.74) is 4.80. The van der Waals surface area contributed by atoms with E-state index in [0.29, 0.717) is 11.5 Å². The molecule has 7 nitrogen and oxygen atoms in total. The van der Waals surface area contributed by atoms with E-state index < -0.39 is 18.4 Å². The molecule has 0 bridgehead atoms. The number of carbonyl (C=O) groups is 2. The molecule has 0 heterocycles. The molecule has 0 radical (unpaired) electrons. The van der Waals surface area contributed by atoms with Crippen molar-refractivity contribution in [3.63, 3.8) is 0 Å². The Bertz CT molecular complexity index is 906. The first-order chi connectivity index (χ1) is 13.7. The van der Waals surface area contributed by atoms with E-state index in [0.717, 1.165) is 0 Å². The highest BCUT2D eigenvalue weighted by Gasteiger charge is 2.14. The molecule has 29 heavy (non-hydrogen) atoms. The lowest BCUT2D eigenvalue weighted by Gasteiger charge is -2.14. The Labute approximate surface area is 183 Å². The van der Waals surface area contributed by atoms with Gasteiger partial charge in [0.1, 0.15) is 5.75 Å². The van der Waals surface area contributed by atoms with Crippen LogP contribution in [0.25, 0.3) is 0 Å². The van der Waals surface area contributed by atoms with Crippen molar-refractivity contribution < 1.29 is 23.8 Å². The van der Waals surface area contributed by atoms with E-state index in [1.54, 1.807) is 12.1 Å². The zero-order valence-electron chi connectivity index (χ0n) is 15.8. The van der Waals surface area contributed by atoms with E-state index in [9.17, 15) is 9.59 Å². The summed E-state index contributed by atoms with van der Waals surface area (Å²) < 4.78 is 16.1. The highest BCUT2D eigenvalue weighted by atomic mass is 35.5. The third-order valence-electron chi connectivity index (χ3n) is 3.44. The second-order valence-corrected chi connectivity index (χ2v) is 7.24. The molecule has 0 spiro atoms. The molecule has 2 amide bonds. The summed E-state index contributed by atoms with van der Waals surface area (Å²) in [7, 11) is 1.47. The van der Waals surface area contributed by atoms with Crippen LogP contribution in [0.1, 0.15) is 24.2 Å². The smallest absolute Gasteiger partial charge is 0.276 e. The number of hydrazine groups is 1. The van der Waals surface area contributed by atoms with Crippen LogP contribution in [0.15, 0.2) is 30.3 Å². The lowest BCUT2D eigenvalue weighted by atomic mass is 10.2. The fourth-order valence-corrected chi connectivity index (χ4v) is 2.74. The summed E-state index contributed by atoms with van der Waals surface area (Å²) in [5.74, 6) is -0.0502. The van der Waals surface area contributed by atoms with Crippen molar-refractivity contribution >= 4 is 46.6 Å². The van der Waals surface area contributed by atoms with Gasteiger partial charge in [0.05, 0.1) is 28.3 Å². The van der Waals surface area contributed by atoms with Gasteiger partial charge in [0.15, 0.2) is 18.1 Å². The molecule has 0 aliphatic heterocycles. The third-order valence-corrected chi connectivity index (χ3v) is 4.46. The Morgan fingerprint density at radius 1 is 0.931 bits per heavy atom. The standard InChI is InChI=1S/C19H19Cl3N2O5/c1-10(2)29-15-5-4-11(6-17(15)27-3)19(26)24-23-18(25)9-28-16-8-13(21)12(20)7-14(16)22/h4-8,10H,9H2,1-3H3,(H,23,25)(H,24,26).